The van der Waals surface area contributed by atoms with Gasteiger partial charge in [-0.2, -0.15) is 0 Å². The first-order valence-corrected chi connectivity index (χ1v) is 9.65. The van der Waals surface area contributed by atoms with Gasteiger partial charge in [0, 0.05) is 51.4 Å². The van der Waals surface area contributed by atoms with Crippen molar-refractivity contribution in [2.45, 2.75) is 51.1 Å². The first kappa shape index (κ1) is 16.7. The van der Waals surface area contributed by atoms with Gasteiger partial charge in [0.1, 0.15) is 0 Å². The smallest absolute Gasteiger partial charge is 0.0264 e. The summed E-state index contributed by atoms with van der Waals surface area (Å²) in [4.78, 5) is 8.08. The van der Waals surface area contributed by atoms with Crippen LogP contribution in [0, 0.1) is 5.92 Å². The molecule has 3 unspecified atom stereocenters. The molecule has 0 saturated carbocycles. The summed E-state index contributed by atoms with van der Waals surface area (Å²) < 4.78 is 0. The van der Waals surface area contributed by atoms with Crippen molar-refractivity contribution in [3.63, 3.8) is 0 Å². The van der Waals surface area contributed by atoms with E-state index in [1.165, 1.54) is 84.5 Å². The second kappa shape index (κ2) is 8.09. The lowest BCUT2D eigenvalue weighted by atomic mass is 9.87. The van der Waals surface area contributed by atoms with Crippen LogP contribution in [0.4, 0.5) is 0 Å². The normalized spacial score (nSPS) is 36.5. The van der Waals surface area contributed by atoms with Crippen LogP contribution in [0.15, 0.2) is 0 Å². The number of piperazine rings is 1. The van der Waals surface area contributed by atoms with E-state index in [2.05, 4.69) is 34.0 Å². The van der Waals surface area contributed by atoms with Gasteiger partial charge in [-0.05, 0) is 51.7 Å². The van der Waals surface area contributed by atoms with Gasteiger partial charge in [-0.1, -0.05) is 13.3 Å². The summed E-state index contributed by atoms with van der Waals surface area (Å²) in [6, 6.07) is 1.62. The average Bonchev–Trinajstić information content (AvgIpc) is 2.57. The van der Waals surface area contributed by atoms with Crippen LogP contribution < -0.4 is 5.32 Å². The maximum Gasteiger partial charge on any atom is 0.0264 e. The molecule has 22 heavy (non-hydrogen) atoms. The van der Waals surface area contributed by atoms with Crippen molar-refractivity contribution in [1.82, 2.24) is 20.0 Å². The summed E-state index contributed by atoms with van der Waals surface area (Å²) >= 11 is 0. The van der Waals surface area contributed by atoms with Gasteiger partial charge < -0.3 is 15.1 Å². The molecule has 3 rings (SSSR count). The van der Waals surface area contributed by atoms with Crippen molar-refractivity contribution in [2.75, 3.05) is 59.4 Å². The summed E-state index contributed by atoms with van der Waals surface area (Å²) in [6.45, 7) is 12.5. The van der Waals surface area contributed by atoms with E-state index in [0.717, 1.165) is 18.0 Å². The Balaban J connectivity index is 1.60. The fraction of sp³-hybridized carbons (Fsp3) is 1.00. The zero-order valence-electron chi connectivity index (χ0n) is 14.8. The highest BCUT2D eigenvalue weighted by atomic mass is 15.3. The molecule has 0 amide bonds. The molecule has 3 fully saturated rings. The van der Waals surface area contributed by atoms with Gasteiger partial charge in [0.25, 0.3) is 0 Å². The number of likely N-dealkylation sites (tertiary alicyclic amines) is 1. The van der Waals surface area contributed by atoms with Crippen molar-refractivity contribution in [1.29, 1.82) is 0 Å². The number of hydrogen-bond donors (Lipinski definition) is 1. The fourth-order valence-electron chi connectivity index (χ4n) is 4.76. The van der Waals surface area contributed by atoms with Gasteiger partial charge in [-0.25, -0.2) is 0 Å². The number of nitrogens with one attached hydrogen (secondary N) is 1. The minimum absolute atomic E-state index is 0.777. The van der Waals surface area contributed by atoms with Crippen LogP contribution in [0.25, 0.3) is 0 Å². The average molecular weight is 309 g/mol. The molecule has 3 atom stereocenters. The molecule has 4 nitrogen and oxygen atoms in total. The highest BCUT2D eigenvalue weighted by Gasteiger charge is 2.35. The van der Waals surface area contributed by atoms with Gasteiger partial charge in [0.05, 0.1) is 0 Å². The summed E-state index contributed by atoms with van der Waals surface area (Å²) in [5.74, 6) is 0.872. The van der Waals surface area contributed by atoms with Crippen molar-refractivity contribution in [3.05, 3.63) is 0 Å². The molecule has 0 radical (unpaired) electrons. The molecule has 0 aliphatic carbocycles. The van der Waals surface area contributed by atoms with E-state index < -0.39 is 0 Å². The molecule has 0 spiro atoms. The molecule has 0 aromatic carbocycles. The summed E-state index contributed by atoms with van der Waals surface area (Å²) in [6.07, 6.45) is 6.97. The first-order chi connectivity index (χ1) is 10.8. The Morgan fingerprint density at radius 2 is 1.82 bits per heavy atom. The molecule has 128 valence electrons. The highest BCUT2D eigenvalue weighted by Crippen LogP contribution is 2.28. The summed E-state index contributed by atoms with van der Waals surface area (Å²) in [5, 5.41) is 3.68. The third kappa shape index (κ3) is 4.02. The third-order valence-electron chi connectivity index (χ3n) is 6.25. The van der Waals surface area contributed by atoms with Crippen molar-refractivity contribution in [2.24, 2.45) is 5.92 Å². The standard InChI is InChI=1S/C18H36N4/c1-3-17-6-4-5-9-22(17)18-14-19-8-7-16(18)15-21-12-10-20(2)11-13-21/h16-19H,3-15H2,1-2H3. The van der Waals surface area contributed by atoms with E-state index in [9.17, 15) is 0 Å². The van der Waals surface area contributed by atoms with Gasteiger partial charge >= 0.3 is 0 Å². The quantitative estimate of drug-likeness (QED) is 0.849. The minimum atomic E-state index is 0.777. The predicted octanol–water partition coefficient (Wildman–Crippen LogP) is 1.48. The van der Waals surface area contributed by atoms with E-state index in [4.69, 9.17) is 0 Å². The van der Waals surface area contributed by atoms with E-state index in [1.54, 1.807) is 0 Å². The number of nitrogens with zero attached hydrogens (tertiary/aromatic N) is 3. The monoisotopic (exact) mass is 308 g/mol. The van der Waals surface area contributed by atoms with Gasteiger partial charge in [0.2, 0.25) is 0 Å². The molecule has 0 bridgehead atoms. The second-order valence-corrected chi connectivity index (χ2v) is 7.72. The Morgan fingerprint density at radius 1 is 1.00 bits per heavy atom. The zero-order chi connectivity index (χ0) is 15.4. The Bertz CT molecular complexity index is 327. The second-order valence-electron chi connectivity index (χ2n) is 7.72. The molecule has 3 aliphatic heterocycles. The summed E-state index contributed by atoms with van der Waals surface area (Å²) in [5.41, 5.74) is 0. The maximum atomic E-state index is 3.68. The fourth-order valence-corrected chi connectivity index (χ4v) is 4.76. The SMILES string of the molecule is CCC1CCCCN1C1CNCCC1CN1CCN(C)CC1. The molecular formula is C18H36N4. The lowest BCUT2D eigenvalue weighted by molar-refractivity contribution is 0.0247. The van der Waals surface area contributed by atoms with Crippen molar-refractivity contribution in [3.8, 4) is 0 Å². The van der Waals surface area contributed by atoms with E-state index in [1.807, 2.05) is 0 Å². The molecule has 3 aliphatic rings. The topological polar surface area (TPSA) is 21.8 Å². The Morgan fingerprint density at radius 3 is 2.59 bits per heavy atom. The van der Waals surface area contributed by atoms with Crippen LogP contribution in [-0.2, 0) is 0 Å². The Kier molecular flexibility index (Phi) is 6.14. The predicted molar refractivity (Wildman–Crippen MR) is 93.3 cm³/mol. The minimum Gasteiger partial charge on any atom is -0.315 e. The molecule has 3 saturated heterocycles. The largest absolute Gasteiger partial charge is 0.315 e. The van der Waals surface area contributed by atoms with E-state index in [-0.39, 0.29) is 0 Å². The van der Waals surface area contributed by atoms with Gasteiger partial charge in [-0.15, -0.1) is 0 Å². The third-order valence-corrected chi connectivity index (χ3v) is 6.25. The molecule has 0 aromatic rings. The number of hydrogen-bond acceptors (Lipinski definition) is 4. The van der Waals surface area contributed by atoms with E-state index >= 15 is 0 Å². The van der Waals surface area contributed by atoms with Gasteiger partial charge in [-0.3, -0.25) is 4.90 Å². The Labute approximate surface area is 137 Å². The number of piperidine rings is 2. The van der Waals surface area contributed by atoms with E-state index in [0.29, 0.717) is 0 Å². The molecule has 0 aromatic heterocycles. The van der Waals surface area contributed by atoms with Crippen LogP contribution in [0.2, 0.25) is 0 Å². The molecule has 1 N–H and O–H groups in total. The van der Waals surface area contributed by atoms with Crippen LogP contribution >= 0.6 is 0 Å². The summed E-state index contributed by atoms with van der Waals surface area (Å²) in [7, 11) is 2.25. The van der Waals surface area contributed by atoms with Crippen LogP contribution in [0.5, 0.6) is 0 Å². The van der Waals surface area contributed by atoms with Gasteiger partial charge in [0.15, 0.2) is 0 Å². The molecular weight excluding hydrogens is 272 g/mol. The van der Waals surface area contributed by atoms with Crippen LogP contribution in [-0.4, -0.2) is 86.2 Å². The molecule has 4 heteroatoms. The van der Waals surface area contributed by atoms with Crippen molar-refractivity contribution >= 4 is 0 Å². The van der Waals surface area contributed by atoms with Crippen LogP contribution in [0.3, 0.4) is 0 Å². The maximum absolute atomic E-state index is 3.68. The molecule has 3 heterocycles. The first-order valence-electron chi connectivity index (χ1n) is 9.65. The number of rotatable bonds is 4. The highest BCUT2D eigenvalue weighted by molar-refractivity contribution is 4.92. The van der Waals surface area contributed by atoms with Crippen LogP contribution in [0.1, 0.15) is 39.0 Å². The van der Waals surface area contributed by atoms with Crippen molar-refractivity contribution < 1.29 is 0 Å². The Hall–Kier alpha value is -0.160. The lowest BCUT2D eigenvalue weighted by Gasteiger charge is -2.47. The zero-order valence-corrected chi connectivity index (χ0v) is 14.8. The lowest BCUT2D eigenvalue weighted by Crippen LogP contribution is -2.58. The number of likely N-dealkylation sites (N-methyl/N-ethyl adjacent to an activating group) is 1.